The van der Waals surface area contributed by atoms with Gasteiger partial charge in [0.05, 0.1) is 38.8 Å². The van der Waals surface area contributed by atoms with E-state index in [1.165, 1.54) is 18.2 Å². The number of nitrogen functional groups attached to an aromatic ring is 1. The van der Waals surface area contributed by atoms with Crippen molar-refractivity contribution in [3.05, 3.63) is 40.1 Å². The zero-order valence-electron chi connectivity index (χ0n) is 9.82. The first-order valence-corrected chi connectivity index (χ1v) is 6.97. The minimum absolute atomic E-state index is 0.271. The average Bonchev–Trinajstić information content (AvgIpc) is 2.86. The Morgan fingerprint density at radius 3 is 2.60 bits per heavy atom. The minimum Gasteiger partial charge on any atom is -0.397 e. The third kappa shape index (κ3) is 2.26. The predicted octanol–water partition coefficient (Wildman–Crippen LogP) is 4.46. The summed E-state index contributed by atoms with van der Waals surface area (Å²) in [5, 5.41) is 3.86. The van der Waals surface area contributed by atoms with E-state index in [1.54, 1.807) is 6.07 Å². The van der Waals surface area contributed by atoms with Crippen LogP contribution in [0.3, 0.4) is 0 Å². The van der Waals surface area contributed by atoms with Crippen LogP contribution in [0.2, 0.25) is 10.0 Å². The SMILES string of the molecule is Nc1cc(F)ccc1Nc1c(Cl)cc(Cl)c2nsnc12. The van der Waals surface area contributed by atoms with Gasteiger partial charge in [-0.15, -0.1) is 0 Å². The summed E-state index contributed by atoms with van der Waals surface area (Å²) in [6, 6.07) is 5.64. The third-order valence-corrected chi connectivity index (χ3v) is 3.83. The Morgan fingerprint density at radius 2 is 1.85 bits per heavy atom. The third-order valence-electron chi connectivity index (χ3n) is 2.72. The number of nitrogens with zero attached hydrogens (tertiary/aromatic N) is 2. The van der Waals surface area contributed by atoms with Gasteiger partial charge in [-0.3, -0.25) is 0 Å². The summed E-state index contributed by atoms with van der Waals surface area (Å²) in [6.07, 6.45) is 0. The molecule has 0 atom stereocenters. The summed E-state index contributed by atoms with van der Waals surface area (Å²) in [6.45, 7) is 0. The maximum atomic E-state index is 13.0. The Kier molecular flexibility index (Phi) is 3.37. The fourth-order valence-corrected chi connectivity index (χ4v) is 2.93. The minimum atomic E-state index is -0.407. The van der Waals surface area contributed by atoms with Crippen LogP contribution in [0, 0.1) is 5.82 Å². The molecule has 20 heavy (non-hydrogen) atoms. The highest BCUT2D eigenvalue weighted by Gasteiger charge is 2.15. The first kappa shape index (κ1) is 13.4. The zero-order chi connectivity index (χ0) is 14.3. The Hall–Kier alpha value is -1.63. The lowest BCUT2D eigenvalue weighted by molar-refractivity contribution is 0.628. The molecule has 3 aromatic rings. The number of aromatic nitrogens is 2. The lowest BCUT2D eigenvalue weighted by Crippen LogP contribution is -1.98. The van der Waals surface area contributed by atoms with Gasteiger partial charge in [0.15, 0.2) is 0 Å². The van der Waals surface area contributed by atoms with Crippen molar-refractivity contribution >= 4 is 63.0 Å². The lowest BCUT2D eigenvalue weighted by Gasteiger charge is -2.11. The lowest BCUT2D eigenvalue weighted by atomic mass is 10.2. The fourth-order valence-electron chi connectivity index (χ4n) is 1.78. The monoisotopic (exact) mass is 328 g/mol. The van der Waals surface area contributed by atoms with Crippen molar-refractivity contribution in [2.45, 2.75) is 0 Å². The van der Waals surface area contributed by atoms with Crippen LogP contribution in [0.5, 0.6) is 0 Å². The van der Waals surface area contributed by atoms with E-state index in [1.807, 2.05) is 0 Å². The summed E-state index contributed by atoms with van der Waals surface area (Å²) < 4.78 is 21.3. The second-order valence-corrected chi connectivity index (χ2v) is 5.38. The van der Waals surface area contributed by atoms with Crippen molar-refractivity contribution in [2.24, 2.45) is 0 Å². The predicted molar refractivity (Wildman–Crippen MR) is 81.5 cm³/mol. The normalized spacial score (nSPS) is 10.9. The second-order valence-electron chi connectivity index (χ2n) is 4.03. The van der Waals surface area contributed by atoms with Gasteiger partial charge in [-0.05, 0) is 24.3 Å². The highest BCUT2D eigenvalue weighted by Crippen LogP contribution is 2.37. The molecule has 8 heteroatoms. The molecule has 102 valence electrons. The topological polar surface area (TPSA) is 63.8 Å². The van der Waals surface area contributed by atoms with E-state index in [0.717, 1.165) is 11.7 Å². The molecule has 0 spiro atoms. The molecular weight excluding hydrogens is 322 g/mol. The maximum Gasteiger partial charge on any atom is 0.131 e. The summed E-state index contributed by atoms with van der Waals surface area (Å²) in [7, 11) is 0. The van der Waals surface area contributed by atoms with Crippen LogP contribution in [0.25, 0.3) is 11.0 Å². The van der Waals surface area contributed by atoms with Gasteiger partial charge >= 0.3 is 0 Å². The molecule has 0 saturated carbocycles. The Bertz CT molecular complexity index is 805. The van der Waals surface area contributed by atoms with Crippen LogP contribution in [0.15, 0.2) is 24.3 Å². The van der Waals surface area contributed by atoms with E-state index in [2.05, 4.69) is 14.1 Å². The number of benzene rings is 2. The van der Waals surface area contributed by atoms with Crippen molar-refractivity contribution in [3.63, 3.8) is 0 Å². The largest absolute Gasteiger partial charge is 0.397 e. The van der Waals surface area contributed by atoms with Crippen LogP contribution in [-0.4, -0.2) is 8.75 Å². The molecule has 0 fully saturated rings. The Labute approximate surface area is 127 Å². The standard InChI is InChI=1S/C12H7Cl2FN4S/c13-6-4-7(14)11-12(19-20-18-11)10(6)17-9-2-1-5(15)3-8(9)16/h1-4,17H,16H2. The molecule has 0 aliphatic carbocycles. The van der Waals surface area contributed by atoms with Gasteiger partial charge in [-0.25, -0.2) is 4.39 Å². The number of fused-ring (bicyclic) bond motifs is 1. The summed E-state index contributed by atoms with van der Waals surface area (Å²) >= 11 is 13.3. The van der Waals surface area contributed by atoms with Crippen LogP contribution >= 0.6 is 34.9 Å². The molecule has 3 N–H and O–H groups in total. The van der Waals surface area contributed by atoms with Crippen molar-refractivity contribution in [1.29, 1.82) is 0 Å². The molecule has 1 heterocycles. The van der Waals surface area contributed by atoms with Crippen molar-refractivity contribution in [2.75, 3.05) is 11.1 Å². The molecule has 2 aromatic carbocycles. The first-order valence-electron chi connectivity index (χ1n) is 5.48. The van der Waals surface area contributed by atoms with Crippen molar-refractivity contribution in [3.8, 4) is 0 Å². The number of hydrogen-bond donors (Lipinski definition) is 2. The van der Waals surface area contributed by atoms with Crippen molar-refractivity contribution < 1.29 is 4.39 Å². The zero-order valence-corrected chi connectivity index (χ0v) is 12.2. The Morgan fingerprint density at radius 1 is 1.10 bits per heavy atom. The van der Waals surface area contributed by atoms with Gasteiger partial charge in [0.1, 0.15) is 16.9 Å². The molecule has 0 aliphatic rings. The summed E-state index contributed by atoms with van der Waals surface area (Å²) in [4.78, 5) is 0. The van der Waals surface area contributed by atoms with E-state index < -0.39 is 5.82 Å². The molecule has 1 aromatic heterocycles. The van der Waals surface area contributed by atoms with Crippen LogP contribution in [0.1, 0.15) is 0 Å². The summed E-state index contributed by atoms with van der Waals surface area (Å²) in [5.74, 6) is -0.407. The smallest absolute Gasteiger partial charge is 0.131 e. The number of nitrogens with two attached hydrogens (primary N) is 1. The van der Waals surface area contributed by atoms with Gasteiger partial charge in [-0.2, -0.15) is 8.75 Å². The Balaban J connectivity index is 2.13. The molecule has 0 radical (unpaired) electrons. The molecule has 3 rings (SSSR count). The number of rotatable bonds is 2. The molecular formula is C12H7Cl2FN4S. The van der Waals surface area contributed by atoms with E-state index in [9.17, 15) is 4.39 Å². The maximum absolute atomic E-state index is 13.0. The van der Waals surface area contributed by atoms with Gasteiger partial charge in [0, 0.05) is 0 Å². The van der Waals surface area contributed by atoms with E-state index in [4.69, 9.17) is 28.9 Å². The van der Waals surface area contributed by atoms with Crippen LogP contribution in [-0.2, 0) is 0 Å². The average molecular weight is 329 g/mol. The fraction of sp³-hybridized carbons (Fsp3) is 0. The van der Waals surface area contributed by atoms with Gasteiger partial charge in [0.2, 0.25) is 0 Å². The van der Waals surface area contributed by atoms with Crippen LogP contribution in [0.4, 0.5) is 21.5 Å². The van der Waals surface area contributed by atoms with Crippen molar-refractivity contribution in [1.82, 2.24) is 8.75 Å². The molecule has 0 unspecified atom stereocenters. The number of hydrogen-bond acceptors (Lipinski definition) is 5. The van der Waals surface area contributed by atoms with Crippen LogP contribution < -0.4 is 11.1 Å². The molecule has 4 nitrogen and oxygen atoms in total. The van der Waals surface area contributed by atoms with Gasteiger partial charge in [-0.1, -0.05) is 23.2 Å². The summed E-state index contributed by atoms with van der Waals surface area (Å²) in [5.41, 5.74) is 8.22. The quantitative estimate of drug-likeness (QED) is 0.681. The van der Waals surface area contributed by atoms with Gasteiger partial charge in [0.25, 0.3) is 0 Å². The number of halogens is 3. The number of nitrogens with one attached hydrogen (secondary N) is 1. The number of anilines is 3. The first-order chi connectivity index (χ1) is 9.56. The molecule has 0 amide bonds. The molecule has 0 aliphatic heterocycles. The van der Waals surface area contributed by atoms with E-state index in [-0.39, 0.29) is 5.69 Å². The van der Waals surface area contributed by atoms with E-state index in [0.29, 0.717) is 32.5 Å². The highest BCUT2D eigenvalue weighted by atomic mass is 35.5. The second kappa shape index (κ2) is 5.05. The van der Waals surface area contributed by atoms with E-state index >= 15 is 0 Å². The molecule has 0 saturated heterocycles. The van der Waals surface area contributed by atoms with Gasteiger partial charge < -0.3 is 11.1 Å². The highest BCUT2D eigenvalue weighted by molar-refractivity contribution is 7.00. The molecule has 0 bridgehead atoms.